The first-order valence-corrected chi connectivity index (χ1v) is 7.92. The van der Waals surface area contributed by atoms with Crippen LogP contribution in [0.25, 0.3) is 0 Å². The van der Waals surface area contributed by atoms with Gasteiger partial charge in [0.05, 0.1) is 18.0 Å². The summed E-state index contributed by atoms with van der Waals surface area (Å²) in [5, 5.41) is 3.26. The molecule has 0 heterocycles. The lowest BCUT2D eigenvalue weighted by atomic mass is 10.2. The lowest BCUT2D eigenvalue weighted by molar-refractivity contribution is 0.301. The van der Waals surface area contributed by atoms with Crippen LogP contribution in [0.2, 0.25) is 0 Å². The van der Waals surface area contributed by atoms with Crippen LogP contribution in [-0.2, 0) is 0 Å². The SMILES string of the molecule is CCCOc1cc(NCC(C)CSC)c(N)cc1F. The van der Waals surface area contributed by atoms with Gasteiger partial charge in [0, 0.05) is 18.7 Å². The third-order valence-corrected chi connectivity index (χ3v) is 3.56. The highest BCUT2D eigenvalue weighted by atomic mass is 32.2. The van der Waals surface area contributed by atoms with Gasteiger partial charge in [0.2, 0.25) is 0 Å². The average Bonchev–Trinajstić information content (AvgIpc) is 2.37. The van der Waals surface area contributed by atoms with E-state index in [1.54, 1.807) is 6.07 Å². The minimum absolute atomic E-state index is 0.260. The maximum Gasteiger partial charge on any atom is 0.167 e. The van der Waals surface area contributed by atoms with Crippen LogP contribution in [-0.4, -0.2) is 25.2 Å². The zero-order valence-electron chi connectivity index (χ0n) is 11.8. The number of rotatable bonds is 8. The summed E-state index contributed by atoms with van der Waals surface area (Å²) in [5.41, 5.74) is 6.97. The van der Waals surface area contributed by atoms with E-state index >= 15 is 0 Å². The normalized spacial score (nSPS) is 12.2. The van der Waals surface area contributed by atoms with Gasteiger partial charge in [-0.1, -0.05) is 13.8 Å². The molecular weight excluding hydrogens is 263 g/mol. The Morgan fingerprint density at radius 1 is 1.47 bits per heavy atom. The molecule has 0 fully saturated rings. The third kappa shape index (κ3) is 5.19. The van der Waals surface area contributed by atoms with Crippen LogP contribution in [0.15, 0.2) is 12.1 Å². The molecule has 1 rings (SSSR count). The van der Waals surface area contributed by atoms with E-state index in [1.807, 2.05) is 18.7 Å². The smallest absolute Gasteiger partial charge is 0.167 e. The lowest BCUT2D eigenvalue weighted by Crippen LogP contribution is -2.14. The molecule has 0 spiro atoms. The summed E-state index contributed by atoms with van der Waals surface area (Å²) in [5.74, 6) is 1.46. The number of halogens is 1. The van der Waals surface area contributed by atoms with E-state index in [-0.39, 0.29) is 5.75 Å². The Kier molecular flexibility index (Phi) is 6.84. The molecule has 0 aliphatic rings. The number of benzene rings is 1. The fourth-order valence-electron chi connectivity index (χ4n) is 1.67. The fraction of sp³-hybridized carbons (Fsp3) is 0.571. The van der Waals surface area contributed by atoms with Crippen LogP contribution in [0.1, 0.15) is 20.3 Å². The number of nitrogens with one attached hydrogen (secondary N) is 1. The molecular formula is C14H23FN2OS. The summed E-state index contributed by atoms with van der Waals surface area (Å²) >= 11 is 1.81. The summed E-state index contributed by atoms with van der Waals surface area (Å²) in [7, 11) is 0. The van der Waals surface area contributed by atoms with E-state index in [0.717, 1.165) is 24.4 Å². The van der Waals surface area contributed by atoms with E-state index in [0.29, 0.717) is 18.2 Å². The molecule has 1 unspecified atom stereocenters. The minimum atomic E-state index is -0.409. The molecule has 0 aromatic heterocycles. The van der Waals surface area contributed by atoms with Crippen molar-refractivity contribution in [3.63, 3.8) is 0 Å². The standard InChI is InChI=1S/C14H23FN2OS/c1-4-5-18-14-7-13(12(16)6-11(14)15)17-8-10(2)9-19-3/h6-7,10,17H,4-5,8-9,16H2,1-3H3. The van der Waals surface area contributed by atoms with Gasteiger partial charge in [0.25, 0.3) is 0 Å². The zero-order valence-corrected chi connectivity index (χ0v) is 12.6. The topological polar surface area (TPSA) is 47.3 Å². The highest BCUT2D eigenvalue weighted by Gasteiger charge is 2.10. The van der Waals surface area contributed by atoms with Crippen molar-refractivity contribution in [3.8, 4) is 5.75 Å². The van der Waals surface area contributed by atoms with Crippen molar-refractivity contribution in [2.24, 2.45) is 5.92 Å². The third-order valence-electron chi connectivity index (χ3n) is 2.66. The zero-order chi connectivity index (χ0) is 14.3. The Hall–Kier alpha value is -1.10. The molecule has 0 bridgehead atoms. The summed E-state index contributed by atoms with van der Waals surface area (Å²) in [6, 6.07) is 2.96. The van der Waals surface area contributed by atoms with Crippen LogP contribution < -0.4 is 15.8 Å². The second kappa shape index (κ2) is 8.15. The Morgan fingerprint density at radius 2 is 2.21 bits per heavy atom. The maximum atomic E-state index is 13.6. The molecule has 0 saturated heterocycles. The van der Waals surface area contributed by atoms with Gasteiger partial charge in [-0.2, -0.15) is 11.8 Å². The molecule has 0 aliphatic carbocycles. The van der Waals surface area contributed by atoms with Gasteiger partial charge in [-0.3, -0.25) is 0 Å². The first kappa shape index (κ1) is 16.0. The first-order chi connectivity index (χ1) is 9.08. The molecule has 3 nitrogen and oxygen atoms in total. The second-order valence-electron chi connectivity index (χ2n) is 4.66. The van der Waals surface area contributed by atoms with Crippen molar-refractivity contribution >= 4 is 23.1 Å². The molecule has 1 aromatic carbocycles. The van der Waals surface area contributed by atoms with Crippen LogP contribution in [0.4, 0.5) is 15.8 Å². The van der Waals surface area contributed by atoms with Crippen molar-refractivity contribution in [1.29, 1.82) is 0 Å². The molecule has 5 heteroatoms. The molecule has 0 saturated carbocycles. The number of hydrogen-bond donors (Lipinski definition) is 2. The minimum Gasteiger partial charge on any atom is -0.490 e. The monoisotopic (exact) mass is 286 g/mol. The number of nitrogens with two attached hydrogens (primary N) is 1. The van der Waals surface area contributed by atoms with Gasteiger partial charge in [0.15, 0.2) is 11.6 Å². The Labute approximate surface area is 119 Å². The van der Waals surface area contributed by atoms with Crippen molar-refractivity contribution < 1.29 is 9.13 Å². The van der Waals surface area contributed by atoms with Gasteiger partial charge in [-0.15, -0.1) is 0 Å². The van der Waals surface area contributed by atoms with Gasteiger partial charge < -0.3 is 15.8 Å². The quantitative estimate of drug-likeness (QED) is 0.717. The molecule has 108 valence electrons. The van der Waals surface area contributed by atoms with E-state index in [1.165, 1.54) is 6.07 Å². The van der Waals surface area contributed by atoms with Crippen LogP contribution in [0.5, 0.6) is 5.75 Å². The summed E-state index contributed by atoms with van der Waals surface area (Å²) in [6.45, 7) is 5.46. The number of thioether (sulfide) groups is 1. The molecule has 1 atom stereocenters. The van der Waals surface area contributed by atoms with Crippen molar-refractivity contribution in [1.82, 2.24) is 0 Å². The maximum absolute atomic E-state index is 13.6. The Bertz CT molecular complexity index is 401. The van der Waals surface area contributed by atoms with Crippen LogP contribution in [0, 0.1) is 11.7 Å². The van der Waals surface area contributed by atoms with Gasteiger partial charge in [-0.25, -0.2) is 4.39 Å². The fourth-order valence-corrected chi connectivity index (χ4v) is 2.36. The number of anilines is 2. The predicted molar refractivity (Wildman–Crippen MR) is 82.6 cm³/mol. The van der Waals surface area contributed by atoms with Gasteiger partial charge >= 0.3 is 0 Å². The number of ether oxygens (including phenoxy) is 1. The molecule has 0 amide bonds. The van der Waals surface area contributed by atoms with Crippen molar-refractivity contribution in [3.05, 3.63) is 17.9 Å². The van der Waals surface area contributed by atoms with E-state index in [2.05, 4.69) is 18.5 Å². The van der Waals surface area contributed by atoms with Crippen molar-refractivity contribution in [2.75, 3.05) is 36.2 Å². The van der Waals surface area contributed by atoms with E-state index in [9.17, 15) is 4.39 Å². The van der Waals surface area contributed by atoms with Crippen LogP contribution >= 0.6 is 11.8 Å². The number of nitrogen functional groups attached to an aromatic ring is 1. The Morgan fingerprint density at radius 3 is 2.84 bits per heavy atom. The summed E-state index contributed by atoms with van der Waals surface area (Å²) in [4.78, 5) is 0. The number of hydrogen-bond acceptors (Lipinski definition) is 4. The molecule has 0 aliphatic heterocycles. The summed E-state index contributed by atoms with van der Waals surface area (Å²) < 4.78 is 19.0. The highest BCUT2D eigenvalue weighted by molar-refractivity contribution is 7.98. The summed E-state index contributed by atoms with van der Waals surface area (Å²) in [6.07, 6.45) is 2.93. The highest BCUT2D eigenvalue weighted by Crippen LogP contribution is 2.28. The average molecular weight is 286 g/mol. The predicted octanol–water partition coefficient (Wildman–Crippen LogP) is 3.61. The molecule has 3 N–H and O–H groups in total. The van der Waals surface area contributed by atoms with E-state index in [4.69, 9.17) is 10.5 Å². The largest absolute Gasteiger partial charge is 0.490 e. The first-order valence-electron chi connectivity index (χ1n) is 6.53. The van der Waals surface area contributed by atoms with Crippen molar-refractivity contribution in [2.45, 2.75) is 20.3 Å². The lowest BCUT2D eigenvalue weighted by Gasteiger charge is -2.15. The van der Waals surface area contributed by atoms with Gasteiger partial charge in [0.1, 0.15) is 0 Å². The van der Waals surface area contributed by atoms with E-state index < -0.39 is 5.82 Å². The van der Waals surface area contributed by atoms with Gasteiger partial charge in [-0.05, 0) is 24.3 Å². The molecule has 0 radical (unpaired) electrons. The van der Waals surface area contributed by atoms with Crippen LogP contribution in [0.3, 0.4) is 0 Å². The molecule has 19 heavy (non-hydrogen) atoms. The molecule has 1 aromatic rings. The second-order valence-corrected chi connectivity index (χ2v) is 5.57. The Balaban J connectivity index is 2.71.